The van der Waals surface area contributed by atoms with Crippen molar-refractivity contribution >= 4 is 28.9 Å². The van der Waals surface area contributed by atoms with Gasteiger partial charge >= 0.3 is 0 Å². The van der Waals surface area contributed by atoms with Crippen molar-refractivity contribution < 1.29 is 9.53 Å². The number of rotatable bonds is 5. The number of carbonyl (C=O) groups excluding carboxylic acids is 1. The van der Waals surface area contributed by atoms with E-state index in [0.717, 1.165) is 37.2 Å². The lowest BCUT2D eigenvalue weighted by Crippen LogP contribution is -2.31. The van der Waals surface area contributed by atoms with Crippen molar-refractivity contribution in [3.05, 3.63) is 29.8 Å². The van der Waals surface area contributed by atoms with Crippen LogP contribution < -0.4 is 10.6 Å². The summed E-state index contributed by atoms with van der Waals surface area (Å²) < 4.78 is 4.94. The van der Waals surface area contributed by atoms with E-state index in [4.69, 9.17) is 17.0 Å². The van der Waals surface area contributed by atoms with Crippen LogP contribution >= 0.6 is 12.2 Å². The molecule has 114 valence electrons. The van der Waals surface area contributed by atoms with Gasteiger partial charge in [0.25, 0.3) is 5.91 Å². The number of nitrogens with zero attached hydrogens (tertiary/aromatic N) is 1. The molecule has 0 spiro atoms. The Morgan fingerprint density at radius 2 is 1.95 bits per heavy atom. The summed E-state index contributed by atoms with van der Waals surface area (Å²) in [6.45, 7) is 3.00. The lowest BCUT2D eigenvalue weighted by atomic mass is 10.2. The Morgan fingerprint density at radius 3 is 2.57 bits per heavy atom. The second-order valence-corrected chi connectivity index (χ2v) is 5.36. The van der Waals surface area contributed by atoms with Gasteiger partial charge in [-0.15, -0.1) is 0 Å². The highest BCUT2D eigenvalue weighted by Crippen LogP contribution is 2.15. The fraction of sp³-hybridized carbons (Fsp3) is 0.467. The van der Waals surface area contributed by atoms with Crippen molar-refractivity contribution in [2.24, 2.45) is 0 Å². The minimum atomic E-state index is 0.111. The Bertz CT molecular complexity index is 484. The summed E-state index contributed by atoms with van der Waals surface area (Å²) in [5, 5.41) is 6.66. The minimum absolute atomic E-state index is 0.111. The maximum atomic E-state index is 12.2. The van der Waals surface area contributed by atoms with E-state index in [9.17, 15) is 4.79 Å². The molecule has 21 heavy (non-hydrogen) atoms. The van der Waals surface area contributed by atoms with E-state index in [1.165, 1.54) is 0 Å². The molecule has 1 aliphatic heterocycles. The molecule has 1 aromatic carbocycles. The zero-order valence-electron chi connectivity index (χ0n) is 12.2. The molecule has 1 aliphatic rings. The van der Waals surface area contributed by atoms with Crippen LogP contribution in [0.3, 0.4) is 0 Å². The van der Waals surface area contributed by atoms with Gasteiger partial charge in [0.2, 0.25) is 0 Å². The molecular weight excluding hydrogens is 286 g/mol. The van der Waals surface area contributed by atoms with Crippen molar-refractivity contribution in [3.63, 3.8) is 0 Å². The van der Waals surface area contributed by atoms with E-state index >= 15 is 0 Å². The first kappa shape index (κ1) is 15.7. The van der Waals surface area contributed by atoms with Crippen LogP contribution in [-0.2, 0) is 4.74 Å². The topological polar surface area (TPSA) is 53.6 Å². The van der Waals surface area contributed by atoms with Crippen LogP contribution in [0, 0.1) is 0 Å². The van der Waals surface area contributed by atoms with Crippen molar-refractivity contribution in [2.45, 2.75) is 12.8 Å². The van der Waals surface area contributed by atoms with Gasteiger partial charge in [0.05, 0.1) is 6.61 Å². The lowest BCUT2D eigenvalue weighted by molar-refractivity contribution is 0.0793. The van der Waals surface area contributed by atoms with Crippen molar-refractivity contribution in [1.82, 2.24) is 10.2 Å². The number of methoxy groups -OCH3 is 1. The normalized spacial score (nSPS) is 14.0. The standard InChI is InChI=1S/C15H21N3O2S/c1-20-11-8-16-15(21)17-13-6-4-12(5-7-13)14(19)18-9-2-3-10-18/h4-7H,2-3,8-11H2,1H3,(H2,16,17,21). The number of anilines is 1. The predicted molar refractivity (Wildman–Crippen MR) is 87.7 cm³/mol. The van der Waals surface area contributed by atoms with Gasteiger partial charge in [-0.05, 0) is 49.3 Å². The summed E-state index contributed by atoms with van der Waals surface area (Å²) in [6, 6.07) is 7.41. The lowest BCUT2D eigenvalue weighted by Gasteiger charge is -2.15. The summed E-state index contributed by atoms with van der Waals surface area (Å²) in [5.41, 5.74) is 1.59. The third-order valence-corrected chi connectivity index (χ3v) is 3.62. The molecular formula is C15H21N3O2S. The molecule has 6 heteroatoms. The number of ether oxygens (including phenoxy) is 1. The first-order valence-corrected chi connectivity index (χ1v) is 7.54. The van der Waals surface area contributed by atoms with Gasteiger partial charge in [0.15, 0.2) is 5.11 Å². The molecule has 0 aliphatic carbocycles. The van der Waals surface area contributed by atoms with Crippen LogP contribution in [0.25, 0.3) is 0 Å². The number of hydrogen-bond donors (Lipinski definition) is 2. The smallest absolute Gasteiger partial charge is 0.253 e. The SMILES string of the molecule is COCCNC(=S)Nc1ccc(C(=O)N2CCCC2)cc1. The van der Waals surface area contributed by atoms with Gasteiger partial charge in [-0.1, -0.05) is 0 Å². The predicted octanol–water partition coefficient (Wildman–Crippen LogP) is 1.86. The number of nitrogens with one attached hydrogen (secondary N) is 2. The number of hydrogen-bond acceptors (Lipinski definition) is 3. The Balaban J connectivity index is 1.86. The van der Waals surface area contributed by atoms with Gasteiger partial charge in [-0.2, -0.15) is 0 Å². The van der Waals surface area contributed by atoms with E-state index in [1.54, 1.807) is 7.11 Å². The van der Waals surface area contributed by atoms with E-state index in [1.807, 2.05) is 29.2 Å². The van der Waals surface area contributed by atoms with Gasteiger partial charge in [0.1, 0.15) is 0 Å². The highest BCUT2D eigenvalue weighted by Gasteiger charge is 2.19. The highest BCUT2D eigenvalue weighted by molar-refractivity contribution is 7.80. The third kappa shape index (κ3) is 4.68. The third-order valence-electron chi connectivity index (χ3n) is 3.37. The molecule has 0 radical (unpaired) electrons. The fourth-order valence-corrected chi connectivity index (χ4v) is 2.46. The molecule has 0 unspecified atom stereocenters. The van der Waals surface area contributed by atoms with E-state index in [0.29, 0.717) is 18.3 Å². The Hall–Kier alpha value is -1.66. The first-order valence-electron chi connectivity index (χ1n) is 7.14. The fourth-order valence-electron chi connectivity index (χ4n) is 2.24. The van der Waals surface area contributed by atoms with Crippen LogP contribution in [0.1, 0.15) is 23.2 Å². The minimum Gasteiger partial charge on any atom is -0.383 e. The molecule has 2 rings (SSSR count). The molecule has 1 saturated heterocycles. The van der Waals surface area contributed by atoms with E-state index in [2.05, 4.69) is 10.6 Å². The maximum absolute atomic E-state index is 12.2. The Morgan fingerprint density at radius 1 is 1.29 bits per heavy atom. The quantitative estimate of drug-likeness (QED) is 0.642. The van der Waals surface area contributed by atoms with Crippen LogP contribution in [0.15, 0.2) is 24.3 Å². The summed E-state index contributed by atoms with van der Waals surface area (Å²) in [4.78, 5) is 14.1. The second-order valence-electron chi connectivity index (χ2n) is 4.95. The van der Waals surface area contributed by atoms with E-state index < -0.39 is 0 Å². The highest BCUT2D eigenvalue weighted by atomic mass is 32.1. The maximum Gasteiger partial charge on any atom is 0.253 e. The molecule has 0 saturated carbocycles. The average Bonchev–Trinajstić information content (AvgIpc) is 3.02. The number of likely N-dealkylation sites (tertiary alicyclic amines) is 1. The van der Waals surface area contributed by atoms with Gasteiger partial charge in [-0.3, -0.25) is 4.79 Å². The van der Waals surface area contributed by atoms with Crippen LogP contribution in [0.4, 0.5) is 5.69 Å². The largest absolute Gasteiger partial charge is 0.383 e. The number of amides is 1. The van der Waals surface area contributed by atoms with E-state index in [-0.39, 0.29) is 5.91 Å². The van der Waals surface area contributed by atoms with Gasteiger partial charge in [-0.25, -0.2) is 0 Å². The number of benzene rings is 1. The second kappa shape index (κ2) is 7.95. The Kier molecular flexibility index (Phi) is 5.95. The molecule has 5 nitrogen and oxygen atoms in total. The van der Waals surface area contributed by atoms with Gasteiger partial charge in [0, 0.05) is 38.0 Å². The van der Waals surface area contributed by atoms with Crippen LogP contribution in [-0.4, -0.2) is 49.3 Å². The van der Waals surface area contributed by atoms with Crippen molar-refractivity contribution in [3.8, 4) is 0 Å². The zero-order chi connectivity index (χ0) is 15.1. The number of thiocarbonyl (C=S) groups is 1. The molecule has 0 bridgehead atoms. The summed E-state index contributed by atoms with van der Waals surface area (Å²) >= 11 is 5.17. The monoisotopic (exact) mass is 307 g/mol. The summed E-state index contributed by atoms with van der Waals surface area (Å²) in [7, 11) is 1.65. The number of carbonyl (C=O) groups is 1. The first-order chi connectivity index (χ1) is 10.2. The molecule has 0 atom stereocenters. The summed E-state index contributed by atoms with van der Waals surface area (Å²) in [6.07, 6.45) is 2.21. The van der Waals surface area contributed by atoms with Crippen molar-refractivity contribution in [1.29, 1.82) is 0 Å². The van der Waals surface area contributed by atoms with Gasteiger partial charge < -0.3 is 20.3 Å². The molecule has 1 fully saturated rings. The average molecular weight is 307 g/mol. The molecule has 1 heterocycles. The van der Waals surface area contributed by atoms with Crippen molar-refractivity contribution in [2.75, 3.05) is 38.7 Å². The zero-order valence-corrected chi connectivity index (χ0v) is 13.0. The molecule has 1 amide bonds. The molecule has 1 aromatic rings. The molecule has 2 N–H and O–H groups in total. The van der Waals surface area contributed by atoms with Crippen LogP contribution in [0.2, 0.25) is 0 Å². The Labute approximate surface area is 130 Å². The van der Waals surface area contributed by atoms with Crippen LogP contribution in [0.5, 0.6) is 0 Å². The summed E-state index contributed by atoms with van der Waals surface area (Å²) in [5.74, 6) is 0.111. The molecule has 0 aromatic heterocycles.